The quantitative estimate of drug-likeness (QED) is 0.844. The predicted octanol–water partition coefficient (Wildman–Crippen LogP) is 2.82. The maximum absolute atomic E-state index is 13.0. The molecule has 0 spiro atoms. The van der Waals surface area contributed by atoms with Crippen molar-refractivity contribution >= 4 is 10.0 Å². The lowest BCUT2D eigenvalue weighted by molar-refractivity contribution is 0.202. The van der Waals surface area contributed by atoms with Gasteiger partial charge in [-0.25, -0.2) is 8.42 Å². The number of benzene rings is 1. The first-order valence-corrected chi connectivity index (χ1v) is 9.00. The summed E-state index contributed by atoms with van der Waals surface area (Å²) in [7, 11) is -3.45. The molecule has 1 heterocycles. The summed E-state index contributed by atoms with van der Waals surface area (Å²) in [5.74, 6) is 0.534. The zero-order valence-corrected chi connectivity index (χ0v) is 13.1. The van der Waals surface area contributed by atoms with Gasteiger partial charge in [0.1, 0.15) is 0 Å². The molecule has 1 aliphatic heterocycles. The fourth-order valence-corrected chi connectivity index (χ4v) is 5.80. The van der Waals surface area contributed by atoms with Crippen LogP contribution >= 0.6 is 0 Å². The number of hydrogen-bond acceptors (Lipinski definition) is 3. The zero-order valence-electron chi connectivity index (χ0n) is 12.2. The van der Waals surface area contributed by atoms with Gasteiger partial charge in [-0.3, -0.25) is 0 Å². The highest BCUT2D eigenvalue weighted by Gasteiger charge is 2.41. The van der Waals surface area contributed by atoms with Gasteiger partial charge in [0.15, 0.2) is 0 Å². The summed E-state index contributed by atoms with van der Waals surface area (Å²) >= 11 is 0. The smallest absolute Gasteiger partial charge is 0.207 e. The standard InChI is InChI=1S/C16H20N2O2S/c1-12-10-13(11-17)7-8-16(12)21(19,20)18-9-3-5-14-4-2-6-15(14)18/h7-8,10,14-15H,2-6,9H2,1H3. The third kappa shape index (κ3) is 2.47. The van der Waals surface area contributed by atoms with Gasteiger partial charge < -0.3 is 0 Å². The largest absolute Gasteiger partial charge is 0.243 e. The van der Waals surface area contributed by atoms with Crippen molar-refractivity contribution < 1.29 is 8.42 Å². The topological polar surface area (TPSA) is 61.2 Å². The highest BCUT2D eigenvalue weighted by molar-refractivity contribution is 7.89. The second-order valence-electron chi connectivity index (χ2n) is 6.11. The molecule has 4 nitrogen and oxygen atoms in total. The van der Waals surface area contributed by atoms with Crippen LogP contribution in [0.25, 0.3) is 0 Å². The fourth-order valence-electron chi connectivity index (χ4n) is 3.84. The second-order valence-corrected chi connectivity index (χ2v) is 7.97. The van der Waals surface area contributed by atoms with Crippen LogP contribution in [0.4, 0.5) is 0 Å². The lowest BCUT2D eigenvalue weighted by Crippen LogP contribution is -2.46. The maximum Gasteiger partial charge on any atom is 0.243 e. The first-order chi connectivity index (χ1) is 10.0. The zero-order chi connectivity index (χ0) is 15.0. The van der Waals surface area contributed by atoms with Crippen LogP contribution in [0.15, 0.2) is 23.1 Å². The van der Waals surface area contributed by atoms with Gasteiger partial charge in [0.05, 0.1) is 16.5 Å². The Morgan fingerprint density at radius 1 is 1.24 bits per heavy atom. The number of fused-ring (bicyclic) bond motifs is 1. The van der Waals surface area contributed by atoms with Crippen LogP contribution in [-0.4, -0.2) is 25.3 Å². The van der Waals surface area contributed by atoms with Crippen molar-refractivity contribution in [3.8, 4) is 6.07 Å². The van der Waals surface area contributed by atoms with E-state index < -0.39 is 10.0 Å². The Morgan fingerprint density at radius 3 is 2.71 bits per heavy atom. The number of aryl methyl sites for hydroxylation is 1. The molecule has 2 unspecified atom stereocenters. The molecule has 2 fully saturated rings. The maximum atomic E-state index is 13.0. The Bertz CT molecular complexity index is 691. The van der Waals surface area contributed by atoms with Crippen LogP contribution in [0.2, 0.25) is 0 Å². The summed E-state index contributed by atoms with van der Waals surface area (Å²) < 4.78 is 27.7. The molecule has 1 aromatic rings. The lowest BCUT2D eigenvalue weighted by atomic mass is 9.94. The van der Waals surface area contributed by atoms with Gasteiger partial charge in [-0.05, 0) is 62.3 Å². The van der Waals surface area contributed by atoms with E-state index in [-0.39, 0.29) is 6.04 Å². The molecule has 0 radical (unpaired) electrons. The summed E-state index contributed by atoms with van der Waals surface area (Å²) in [6.07, 6.45) is 5.38. The minimum Gasteiger partial charge on any atom is -0.207 e. The Labute approximate surface area is 126 Å². The van der Waals surface area contributed by atoms with Gasteiger partial charge in [0.2, 0.25) is 10.0 Å². The van der Waals surface area contributed by atoms with Gasteiger partial charge in [-0.2, -0.15) is 9.57 Å². The Morgan fingerprint density at radius 2 is 2.00 bits per heavy atom. The van der Waals surface area contributed by atoms with Crippen molar-refractivity contribution in [2.75, 3.05) is 6.54 Å². The lowest BCUT2D eigenvalue weighted by Gasteiger charge is -2.36. The number of piperidine rings is 1. The monoisotopic (exact) mass is 304 g/mol. The van der Waals surface area contributed by atoms with Gasteiger partial charge in [0.25, 0.3) is 0 Å². The number of nitriles is 1. The van der Waals surface area contributed by atoms with Gasteiger partial charge in [-0.15, -0.1) is 0 Å². The molecule has 0 bridgehead atoms. The van der Waals surface area contributed by atoms with E-state index in [4.69, 9.17) is 5.26 Å². The van der Waals surface area contributed by atoms with E-state index in [9.17, 15) is 8.42 Å². The number of hydrogen-bond donors (Lipinski definition) is 0. The summed E-state index contributed by atoms with van der Waals surface area (Å²) in [5, 5.41) is 8.92. The molecule has 0 amide bonds. The van der Waals surface area contributed by atoms with Crippen LogP contribution in [0.3, 0.4) is 0 Å². The minimum atomic E-state index is -3.45. The predicted molar refractivity (Wildman–Crippen MR) is 80.1 cm³/mol. The van der Waals surface area contributed by atoms with E-state index in [1.807, 2.05) is 0 Å². The molecule has 0 N–H and O–H groups in total. The molecule has 2 aliphatic rings. The molecule has 1 saturated heterocycles. The van der Waals surface area contributed by atoms with Crippen molar-refractivity contribution in [1.82, 2.24) is 4.31 Å². The van der Waals surface area contributed by atoms with Gasteiger partial charge in [-0.1, -0.05) is 6.42 Å². The molecular weight excluding hydrogens is 284 g/mol. The molecule has 1 aromatic carbocycles. The van der Waals surface area contributed by atoms with E-state index in [1.165, 1.54) is 0 Å². The first-order valence-electron chi connectivity index (χ1n) is 7.56. The average Bonchev–Trinajstić information content (AvgIpc) is 2.94. The highest BCUT2D eigenvalue weighted by Crippen LogP contribution is 2.39. The Balaban J connectivity index is 1.98. The van der Waals surface area contributed by atoms with Crippen LogP contribution in [0, 0.1) is 24.2 Å². The van der Waals surface area contributed by atoms with Crippen LogP contribution in [0.5, 0.6) is 0 Å². The summed E-state index contributed by atoms with van der Waals surface area (Å²) in [4.78, 5) is 0.356. The Kier molecular flexibility index (Phi) is 3.76. The molecule has 112 valence electrons. The third-order valence-corrected chi connectivity index (χ3v) is 6.92. The summed E-state index contributed by atoms with van der Waals surface area (Å²) in [5.41, 5.74) is 1.16. The summed E-state index contributed by atoms with van der Waals surface area (Å²) in [6.45, 7) is 2.40. The van der Waals surface area contributed by atoms with E-state index >= 15 is 0 Å². The normalized spacial score (nSPS) is 26.3. The molecular formula is C16H20N2O2S. The second kappa shape index (κ2) is 5.43. The molecule has 1 aliphatic carbocycles. The van der Waals surface area contributed by atoms with E-state index in [0.717, 1.165) is 32.1 Å². The van der Waals surface area contributed by atoms with Crippen molar-refractivity contribution in [2.45, 2.75) is 50.0 Å². The van der Waals surface area contributed by atoms with Gasteiger partial charge in [0, 0.05) is 12.6 Å². The van der Waals surface area contributed by atoms with Gasteiger partial charge >= 0.3 is 0 Å². The molecule has 3 rings (SSSR count). The highest BCUT2D eigenvalue weighted by atomic mass is 32.2. The third-order valence-electron chi connectivity index (χ3n) is 4.83. The van der Waals surface area contributed by atoms with Crippen molar-refractivity contribution in [1.29, 1.82) is 5.26 Å². The van der Waals surface area contributed by atoms with Crippen molar-refractivity contribution in [3.05, 3.63) is 29.3 Å². The van der Waals surface area contributed by atoms with Crippen LogP contribution in [-0.2, 0) is 10.0 Å². The molecule has 0 aromatic heterocycles. The number of sulfonamides is 1. The average molecular weight is 304 g/mol. The van der Waals surface area contributed by atoms with Crippen molar-refractivity contribution in [3.63, 3.8) is 0 Å². The first kappa shape index (κ1) is 14.6. The van der Waals surface area contributed by atoms with Crippen LogP contribution < -0.4 is 0 Å². The minimum absolute atomic E-state index is 0.179. The molecule has 2 atom stereocenters. The van der Waals surface area contributed by atoms with E-state index in [0.29, 0.717) is 28.5 Å². The van der Waals surface area contributed by atoms with E-state index in [2.05, 4.69) is 6.07 Å². The SMILES string of the molecule is Cc1cc(C#N)ccc1S(=O)(=O)N1CCCC2CCCC21. The molecule has 21 heavy (non-hydrogen) atoms. The molecule has 5 heteroatoms. The number of rotatable bonds is 2. The van der Waals surface area contributed by atoms with E-state index in [1.54, 1.807) is 29.4 Å². The fraction of sp³-hybridized carbons (Fsp3) is 0.562. The van der Waals surface area contributed by atoms with Crippen LogP contribution in [0.1, 0.15) is 43.2 Å². The van der Waals surface area contributed by atoms with Crippen molar-refractivity contribution in [2.24, 2.45) is 5.92 Å². The Hall–Kier alpha value is -1.38. The number of nitrogens with zero attached hydrogens (tertiary/aromatic N) is 2. The molecule has 1 saturated carbocycles. The summed E-state index contributed by atoms with van der Waals surface area (Å²) in [6, 6.07) is 7.07.